The molecule has 0 spiro atoms. The van der Waals surface area contributed by atoms with Crippen LogP contribution in [0.15, 0.2) is 27.9 Å². The van der Waals surface area contributed by atoms with Gasteiger partial charge in [0.1, 0.15) is 0 Å². The van der Waals surface area contributed by atoms with Gasteiger partial charge in [-0.05, 0) is 19.1 Å². The van der Waals surface area contributed by atoms with Gasteiger partial charge in [0.2, 0.25) is 0 Å². The second-order valence-corrected chi connectivity index (χ2v) is 4.74. The van der Waals surface area contributed by atoms with E-state index in [4.69, 9.17) is 23.2 Å². The summed E-state index contributed by atoms with van der Waals surface area (Å²) in [7, 11) is 0. The minimum absolute atomic E-state index is 0.0317. The van der Waals surface area contributed by atoms with Crippen molar-refractivity contribution in [3.8, 4) is 5.69 Å². The van der Waals surface area contributed by atoms with Crippen molar-refractivity contribution in [3.63, 3.8) is 0 Å². The highest BCUT2D eigenvalue weighted by molar-refractivity contribution is 6.35. The van der Waals surface area contributed by atoms with E-state index < -0.39 is 22.8 Å². The third-order valence-corrected chi connectivity index (χ3v) is 3.13. The molecule has 0 saturated carbocycles. The molecular weight excluding hydrogens is 310 g/mol. The molecule has 0 aliphatic carbocycles. The van der Waals surface area contributed by atoms with Gasteiger partial charge in [-0.3, -0.25) is 9.59 Å². The number of halogens is 3. The summed E-state index contributed by atoms with van der Waals surface area (Å²) in [5.74, 6) is -1.37. The zero-order valence-electron chi connectivity index (χ0n) is 10.0. The summed E-state index contributed by atoms with van der Waals surface area (Å²) in [5.41, 5.74) is -1.87. The van der Waals surface area contributed by atoms with Crippen molar-refractivity contribution >= 4 is 29.0 Å². The normalized spacial score (nSPS) is 10.6. The third-order valence-electron chi connectivity index (χ3n) is 2.58. The molecule has 1 aromatic heterocycles. The van der Waals surface area contributed by atoms with Crippen LogP contribution in [0.3, 0.4) is 0 Å². The van der Waals surface area contributed by atoms with Gasteiger partial charge in [0.15, 0.2) is 11.6 Å². The molecule has 0 bridgehead atoms. The van der Waals surface area contributed by atoms with Gasteiger partial charge in [0.05, 0.1) is 21.3 Å². The first-order valence-electron chi connectivity index (χ1n) is 5.33. The molecule has 2 aromatic rings. The molecule has 0 aliphatic heterocycles. The minimum Gasteiger partial charge on any atom is -0.313 e. The van der Waals surface area contributed by atoms with Crippen molar-refractivity contribution in [2.75, 3.05) is 0 Å². The van der Waals surface area contributed by atoms with Gasteiger partial charge in [-0.25, -0.2) is 13.8 Å². The quantitative estimate of drug-likeness (QED) is 0.681. The van der Waals surface area contributed by atoms with E-state index in [9.17, 15) is 18.8 Å². The first kappa shape index (κ1) is 14.5. The summed E-state index contributed by atoms with van der Waals surface area (Å²) in [6.45, 7) is 1.18. The topological polar surface area (TPSA) is 71.9 Å². The van der Waals surface area contributed by atoms with Crippen LogP contribution in [0.1, 0.15) is 17.3 Å². The first-order valence-corrected chi connectivity index (χ1v) is 6.09. The fourth-order valence-electron chi connectivity index (χ4n) is 1.63. The van der Waals surface area contributed by atoms with E-state index >= 15 is 0 Å². The van der Waals surface area contributed by atoms with Gasteiger partial charge in [-0.1, -0.05) is 23.2 Å². The Kier molecular flexibility index (Phi) is 3.78. The number of carbonyl (C=O) groups is 1. The van der Waals surface area contributed by atoms with E-state index in [0.29, 0.717) is 4.57 Å². The fraction of sp³-hybridized carbons (Fsp3) is 0.0833. The molecular formula is C12H7Cl2FN2O3. The van der Waals surface area contributed by atoms with Crippen LogP contribution in [-0.4, -0.2) is 15.3 Å². The fourth-order valence-corrected chi connectivity index (χ4v) is 2.11. The second kappa shape index (κ2) is 5.22. The van der Waals surface area contributed by atoms with Crippen LogP contribution in [0.4, 0.5) is 4.39 Å². The molecule has 1 N–H and O–H groups in total. The molecule has 0 fully saturated rings. The van der Waals surface area contributed by atoms with Crippen molar-refractivity contribution in [3.05, 3.63) is 60.6 Å². The van der Waals surface area contributed by atoms with Crippen molar-refractivity contribution in [2.24, 2.45) is 0 Å². The Labute approximate surface area is 121 Å². The van der Waals surface area contributed by atoms with Crippen LogP contribution >= 0.6 is 23.2 Å². The molecule has 0 unspecified atom stereocenters. The summed E-state index contributed by atoms with van der Waals surface area (Å²) in [4.78, 5) is 37.4. The smallest absolute Gasteiger partial charge is 0.313 e. The maximum absolute atomic E-state index is 13.3. The van der Waals surface area contributed by atoms with E-state index in [1.54, 1.807) is 0 Å². The first-order chi connectivity index (χ1) is 9.32. The molecule has 8 heteroatoms. The Morgan fingerprint density at radius 1 is 1.25 bits per heavy atom. The molecule has 20 heavy (non-hydrogen) atoms. The van der Waals surface area contributed by atoms with Gasteiger partial charge in [0, 0.05) is 6.20 Å². The number of ketones is 1. The van der Waals surface area contributed by atoms with Crippen molar-refractivity contribution in [1.29, 1.82) is 0 Å². The predicted molar refractivity (Wildman–Crippen MR) is 72.6 cm³/mol. The van der Waals surface area contributed by atoms with Crippen LogP contribution in [0.5, 0.6) is 0 Å². The molecule has 1 heterocycles. The molecule has 0 aliphatic rings. The summed E-state index contributed by atoms with van der Waals surface area (Å²) >= 11 is 11.2. The highest BCUT2D eigenvalue weighted by atomic mass is 35.5. The Bertz CT molecular complexity index is 803. The number of benzene rings is 1. The number of H-pyrrole nitrogens is 1. The zero-order chi connectivity index (χ0) is 15.0. The second-order valence-electron chi connectivity index (χ2n) is 3.93. The number of hydrogen-bond donors (Lipinski definition) is 1. The van der Waals surface area contributed by atoms with Crippen molar-refractivity contribution < 1.29 is 9.18 Å². The molecule has 1 aromatic carbocycles. The van der Waals surface area contributed by atoms with Crippen LogP contribution in [0.25, 0.3) is 5.69 Å². The molecule has 104 valence electrons. The molecule has 0 saturated heterocycles. The number of rotatable bonds is 2. The van der Waals surface area contributed by atoms with Gasteiger partial charge in [-0.2, -0.15) is 0 Å². The Balaban J connectivity index is 2.83. The Morgan fingerprint density at radius 3 is 2.30 bits per heavy atom. The lowest BCUT2D eigenvalue weighted by Crippen LogP contribution is -2.36. The molecule has 0 amide bonds. The number of nitrogens with zero attached hydrogens (tertiary/aromatic N) is 1. The standard InChI is InChI=1S/C12H7Cl2FN2O3/c1-5(18)7-4-16-12(20)17(11(7)19)6-2-8(13)10(15)9(14)3-6/h2-4H,1H3,(H,16,20). The van der Waals surface area contributed by atoms with Gasteiger partial charge >= 0.3 is 5.69 Å². The van der Waals surface area contributed by atoms with Gasteiger partial charge in [-0.15, -0.1) is 0 Å². The molecule has 2 rings (SSSR count). The predicted octanol–water partition coefficient (Wildman–Crippen LogP) is 2.17. The summed E-state index contributed by atoms with van der Waals surface area (Å²) in [5, 5.41) is -0.681. The summed E-state index contributed by atoms with van der Waals surface area (Å²) < 4.78 is 14.0. The number of Topliss-reactive ketones (excluding diaryl/α,β-unsaturated/α-hetero) is 1. The highest BCUT2D eigenvalue weighted by Crippen LogP contribution is 2.25. The lowest BCUT2D eigenvalue weighted by molar-refractivity contribution is 0.101. The number of carbonyl (C=O) groups excluding carboxylic acids is 1. The van der Waals surface area contributed by atoms with Gasteiger partial charge in [0.25, 0.3) is 5.56 Å². The zero-order valence-corrected chi connectivity index (χ0v) is 11.5. The average molecular weight is 317 g/mol. The van der Waals surface area contributed by atoms with Crippen LogP contribution in [-0.2, 0) is 0 Å². The number of aromatic amines is 1. The minimum atomic E-state index is -0.857. The van der Waals surface area contributed by atoms with E-state index in [2.05, 4.69) is 4.98 Å². The van der Waals surface area contributed by atoms with Crippen LogP contribution in [0, 0.1) is 5.82 Å². The lowest BCUT2D eigenvalue weighted by Gasteiger charge is -2.07. The number of aromatic nitrogens is 2. The molecule has 0 radical (unpaired) electrons. The summed E-state index contributed by atoms with van der Waals surface area (Å²) in [6, 6.07) is 2.15. The Morgan fingerprint density at radius 2 is 1.80 bits per heavy atom. The summed E-state index contributed by atoms with van der Waals surface area (Å²) in [6.07, 6.45) is 1.02. The molecule has 0 atom stereocenters. The van der Waals surface area contributed by atoms with E-state index in [1.165, 1.54) is 6.92 Å². The third kappa shape index (κ3) is 2.39. The van der Waals surface area contributed by atoms with Crippen molar-refractivity contribution in [2.45, 2.75) is 6.92 Å². The van der Waals surface area contributed by atoms with Crippen LogP contribution < -0.4 is 11.2 Å². The average Bonchev–Trinajstić information content (AvgIpc) is 2.35. The lowest BCUT2D eigenvalue weighted by atomic mass is 10.2. The maximum Gasteiger partial charge on any atom is 0.333 e. The number of hydrogen-bond acceptors (Lipinski definition) is 3. The van der Waals surface area contributed by atoms with Gasteiger partial charge < -0.3 is 4.98 Å². The van der Waals surface area contributed by atoms with E-state index in [-0.39, 0.29) is 21.3 Å². The monoisotopic (exact) mass is 316 g/mol. The van der Waals surface area contributed by atoms with Crippen molar-refractivity contribution in [1.82, 2.24) is 9.55 Å². The number of nitrogens with one attached hydrogen (secondary N) is 1. The van der Waals surface area contributed by atoms with E-state index in [1.807, 2.05) is 0 Å². The SMILES string of the molecule is CC(=O)c1c[nH]c(=O)n(-c2cc(Cl)c(F)c(Cl)c2)c1=O. The van der Waals surface area contributed by atoms with Crippen LogP contribution in [0.2, 0.25) is 10.0 Å². The largest absolute Gasteiger partial charge is 0.333 e. The Hall–Kier alpha value is -1.92. The molecule has 5 nitrogen and oxygen atoms in total. The maximum atomic E-state index is 13.3. The highest BCUT2D eigenvalue weighted by Gasteiger charge is 2.15. The van der Waals surface area contributed by atoms with E-state index in [0.717, 1.165) is 18.3 Å².